The summed E-state index contributed by atoms with van der Waals surface area (Å²) in [5, 5.41) is 5.30. The Hall–Kier alpha value is -1.88. The molecule has 0 saturated carbocycles. The van der Waals surface area contributed by atoms with Gasteiger partial charge in [-0.3, -0.25) is 9.78 Å². The van der Waals surface area contributed by atoms with Gasteiger partial charge in [0.25, 0.3) is 0 Å². The second-order valence-electron chi connectivity index (χ2n) is 6.80. The Labute approximate surface area is 169 Å². The molecule has 0 bridgehead atoms. The number of hydrogen-bond acceptors (Lipinski definition) is 7. The van der Waals surface area contributed by atoms with Crippen LogP contribution < -0.4 is 5.32 Å². The molecule has 3 rings (SSSR count). The van der Waals surface area contributed by atoms with E-state index in [1.54, 1.807) is 12.4 Å². The van der Waals surface area contributed by atoms with Gasteiger partial charge < -0.3 is 10.1 Å². The maximum atomic E-state index is 12.5. The normalized spacial score (nSPS) is 20.8. The minimum absolute atomic E-state index is 0.0703. The molecule has 1 aliphatic rings. The third-order valence-corrected chi connectivity index (χ3v) is 7.01. The summed E-state index contributed by atoms with van der Waals surface area (Å²) in [4.78, 5) is 20.6. The van der Waals surface area contributed by atoms with E-state index in [1.165, 1.54) is 15.6 Å². The SMILES string of the molecule is CC1CN(S(=O)(=O)CCNC(=O)Cc2csc(-c3cccnc3)n2)CC(C)O1. The first-order valence-corrected chi connectivity index (χ1v) is 11.6. The summed E-state index contributed by atoms with van der Waals surface area (Å²) in [6.07, 6.45) is 3.26. The number of ether oxygens (including phenoxy) is 1. The number of carbonyl (C=O) groups excluding carboxylic acids is 1. The molecule has 28 heavy (non-hydrogen) atoms. The Balaban J connectivity index is 1.47. The van der Waals surface area contributed by atoms with E-state index < -0.39 is 10.0 Å². The molecule has 2 unspecified atom stereocenters. The lowest BCUT2D eigenvalue weighted by Crippen LogP contribution is -2.49. The zero-order valence-electron chi connectivity index (χ0n) is 15.9. The van der Waals surface area contributed by atoms with E-state index in [1.807, 2.05) is 31.4 Å². The Morgan fingerprint density at radius 2 is 2.11 bits per heavy atom. The van der Waals surface area contributed by atoms with Crippen LogP contribution in [0, 0.1) is 0 Å². The van der Waals surface area contributed by atoms with E-state index in [2.05, 4.69) is 15.3 Å². The number of morpholine rings is 1. The fraction of sp³-hybridized carbons (Fsp3) is 0.500. The highest BCUT2D eigenvalue weighted by atomic mass is 32.2. The number of hydrogen-bond donors (Lipinski definition) is 1. The smallest absolute Gasteiger partial charge is 0.226 e. The average molecular weight is 425 g/mol. The molecule has 152 valence electrons. The van der Waals surface area contributed by atoms with Crippen molar-refractivity contribution in [2.45, 2.75) is 32.5 Å². The summed E-state index contributed by atoms with van der Waals surface area (Å²) in [6, 6.07) is 3.74. The number of thiazole rings is 1. The van der Waals surface area contributed by atoms with Gasteiger partial charge in [0, 0.05) is 43.0 Å². The molecular weight excluding hydrogens is 400 g/mol. The van der Waals surface area contributed by atoms with Gasteiger partial charge in [0.2, 0.25) is 15.9 Å². The largest absolute Gasteiger partial charge is 0.373 e. The van der Waals surface area contributed by atoms with Crippen LogP contribution in [0.1, 0.15) is 19.5 Å². The number of nitrogens with zero attached hydrogens (tertiary/aromatic N) is 3. The number of sulfonamides is 1. The Kier molecular flexibility index (Phi) is 6.76. The number of rotatable bonds is 7. The first-order valence-electron chi connectivity index (χ1n) is 9.08. The number of pyridine rings is 1. The topological polar surface area (TPSA) is 101 Å². The fourth-order valence-corrected chi connectivity index (χ4v) is 5.35. The Morgan fingerprint density at radius 1 is 1.36 bits per heavy atom. The predicted molar refractivity (Wildman–Crippen MR) is 107 cm³/mol. The highest BCUT2D eigenvalue weighted by molar-refractivity contribution is 7.89. The van der Waals surface area contributed by atoms with Gasteiger partial charge in [-0.25, -0.2) is 13.4 Å². The molecule has 0 spiro atoms. The van der Waals surface area contributed by atoms with Crippen molar-refractivity contribution in [1.29, 1.82) is 0 Å². The third-order valence-electron chi connectivity index (χ3n) is 4.26. The van der Waals surface area contributed by atoms with Crippen LogP contribution in [-0.2, 0) is 26.0 Å². The van der Waals surface area contributed by atoms with Gasteiger partial charge in [-0.1, -0.05) is 0 Å². The predicted octanol–water partition coefficient (Wildman–Crippen LogP) is 1.30. The van der Waals surface area contributed by atoms with Crippen molar-refractivity contribution in [3.8, 4) is 10.6 Å². The van der Waals surface area contributed by atoms with Gasteiger partial charge in [-0.2, -0.15) is 4.31 Å². The van der Waals surface area contributed by atoms with Crippen molar-refractivity contribution in [1.82, 2.24) is 19.6 Å². The van der Waals surface area contributed by atoms with Crippen molar-refractivity contribution in [2.75, 3.05) is 25.4 Å². The minimum Gasteiger partial charge on any atom is -0.373 e. The summed E-state index contributed by atoms with van der Waals surface area (Å²) in [7, 11) is -3.43. The molecule has 0 aliphatic carbocycles. The average Bonchev–Trinajstić information content (AvgIpc) is 3.10. The summed E-state index contributed by atoms with van der Waals surface area (Å²) in [6.45, 7) is 4.47. The Bertz CT molecular complexity index is 891. The molecule has 0 radical (unpaired) electrons. The summed E-state index contributed by atoms with van der Waals surface area (Å²) in [5.74, 6) is -0.377. The fourth-order valence-electron chi connectivity index (χ4n) is 3.04. The first kappa shape index (κ1) is 20.8. The van der Waals surface area contributed by atoms with Crippen molar-refractivity contribution >= 4 is 27.3 Å². The van der Waals surface area contributed by atoms with Crippen molar-refractivity contribution in [2.24, 2.45) is 0 Å². The van der Waals surface area contributed by atoms with Gasteiger partial charge in [-0.05, 0) is 26.0 Å². The zero-order chi connectivity index (χ0) is 20.1. The molecule has 2 aromatic rings. The molecule has 2 atom stereocenters. The lowest BCUT2D eigenvalue weighted by Gasteiger charge is -2.34. The van der Waals surface area contributed by atoms with Crippen molar-refractivity contribution in [3.63, 3.8) is 0 Å². The number of amides is 1. The van der Waals surface area contributed by atoms with Gasteiger partial charge in [-0.15, -0.1) is 11.3 Å². The molecule has 1 amide bonds. The van der Waals surface area contributed by atoms with E-state index >= 15 is 0 Å². The van der Waals surface area contributed by atoms with E-state index in [9.17, 15) is 13.2 Å². The molecule has 2 aromatic heterocycles. The maximum absolute atomic E-state index is 12.5. The minimum atomic E-state index is -3.43. The van der Waals surface area contributed by atoms with E-state index in [0.717, 1.165) is 10.6 Å². The summed E-state index contributed by atoms with van der Waals surface area (Å²) < 4.78 is 32.0. The van der Waals surface area contributed by atoms with Gasteiger partial charge in [0.05, 0.1) is 30.1 Å². The summed E-state index contributed by atoms with van der Waals surface area (Å²) >= 11 is 1.45. The lowest BCUT2D eigenvalue weighted by molar-refractivity contribution is -0.120. The number of aromatic nitrogens is 2. The molecule has 3 heterocycles. The van der Waals surface area contributed by atoms with Gasteiger partial charge in [0.15, 0.2) is 0 Å². The van der Waals surface area contributed by atoms with Crippen LogP contribution in [0.4, 0.5) is 0 Å². The van der Waals surface area contributed by atoms with Gasteiger partial charge >= 0.3 is 0 Å². The maximum Gasteiger partial charge on any atom is 0.226 e. The molecule has 10 heteroatoms. The molecule has 0 aromatic carbocycles. The second-order valence-corrected chi connectivity index (χ2v) is 9.75. The Morgan fingerprint density at radius 3 is 2.79 bits per heavy atom. The van der Waals surface area contributed by atoms with Crippen LogP contribution in [0.5, 0.6) is 0 Å². The zero-order valence-corrected chi connectivity index (χ0v) is 17.5. The van der Waals surface area contributed by atoms with Crippen LogP contribution in [-0.4, -0.2) is 66.2 Å². The number of nitrogens with one attached hydrogen (secondary N) is 1. The van der Waals surface area contributed by atoms with Crippen LogP contribution >= 0.6 is 11.3 Å². The molecule has 1 fully saturated rings. The second kappa shape index (κ2) is 9.08. The molecule has 1 N–H and O–H groups in total. The summed E-state index contributed by atoms with van der Waals surface area (Å²) in [5.41, 5.74) is 1.55. The number of carbonyl (C=O) groups is 1. The van der Waals surface area contributed by atoms with Crippen molar-refractivity contribution in [3.05, 3.63) is 35.6 Å². The van der Waals surface area contributed by atoms with Gasteiger partial charge in [0.1, 0.15) is 5.01 Å². The van der Waals surface area contributed by atoms with Crippen LogP contribution in [0.3, 0.4) is 0 Å². The van der Waals surface area contributed by atoms with Crippen molar-refractivity contribution < 1.29 is 17.9 Å². The highest BCUT2D eigenvalue weighted by Crippen LogP contribution is 2.22. The first-order chi connectivity index (χ1) is 13.3. The highest BCUT2D eigenvalue weighted by Gasteiger charge is 2.30. The third kappa shape index (κ3) is 5.57. The lowest BCUT2D eigenvalue weighted by atomic mass is 10.3. The van der Waals surface area contributed by atoms with Crippen LogP contribution in [0.15, 0.2) is 29.9 Å². The molecule has 1 aliphatic heterocycles. The van der Waals surface area contributed by atoms with E-state index in [4.69, 9.17) is 4.74 Å². The van der Waals surface area contributed by atoms with E-state index in [0.29, 0.717) is 18.8 Å². The molecular formula is C18H24N4O4S2. The molecule has 8 nitrogen and oxygen atoms in total. The quantitative estimate of drug-likeness (QED) is 0.719. The standard InChI is InChI=1S/C18H24N4O4S2/c1-13-10-22(11-14(2)26-13)28(24,25)7-6-20-17(23)8-16-12-27-18(21-16)15-4-3-5-19-9-15/h3-5,9,12-14H,6-8,10-11H2,1-2H3,(H,20,23). The van der Waals surface area contributed by atoms with Crippen LogP contribution in [0.25, 0.3) is 10.6 Å². The van der Waals surface area contributed by atoms with E-state index in [-0.39, 0.29) is 36.8 Å². The monoisotopic (exact) mass is 424 g/mol. The molecule has 1 saturated heterocycles. The van der Waals surface area contributed by atoms with Crippen LogP contribution in [0.2, 0.25) is 0 Å².